The largest absolute Gasteiger partial charge is 0.338 e. The van der Waals surface area contributed by atoms with Crippen molar-refractivity contribution < 1.29 is 4.52 Å². The number of hydrogen-bond donors (Lipinski definition) is 0. The van der Waals surface area contributed by atoms with Gasteiger partial charge in [-0.3, -0.25) is 4.90 Å². The Bertz CT molecular complexity index is 322. The summed E-state index contributed by atoms with van der Waals surface area (Å²) in [7, 11) is 0. The van der Waals surface area contributed by atoms with Gasteiger partial charge >= 0.3 is 0 Å². The van der Waals surface area contributed by atoms with Gasteiger partial charge in [0, 0.05) is 6.54 Å². The molecule has 1 aromatic heterocycles. The average molecular weight is 179 g/mol. The highest BCUT2D eigenvalue weighted by Gasteiger charge is 2.40. The van der Waals surface area contributed by atoms with E-state index in [0.717, 1.165) is 17.6 Å². The van der Waals surface area contributed by atoms with Crippen molar-refractivity contribution in [2.75, 3.05) is 13.1 Å². The van der Waals surface area contributed by atoms with Crippen LogP contribution in [-0.4, -0.2) is 28.1 Å². The highest BCUT2D eigenvalue weighted by molar-refractivity contribution is 5.01. The SMILES string of the molecule is Cc1noc(C2CC3CCN2C3)n1. The Morgan fingerprint density at radius 3 is 3.00 bits per heavy atom. The van der Waals surface area contributed by atoms with Gasteiger partial charge in [0.2, 0.25) is 5.89 Å². The molecule has 13 heavy (non-hydrogen) atoms. The number of rotatable bonds is 1. The van der Waals surface area contributed by atoms with Gasteiger partial charge in [-0.25, -0.2) is 0 Å². The number of hydrogen-bond acceptors (Lipinski definition) is 4. The summed E-state index contributed by atoms with van der Waals surface area (Å²) < 4.78 is 5.20. The molecule has 2 bridgehead atoms. The molecule has 2 aliphatic heterocycles. The zero-order valence-corrected chi connectivity index (χ0v) is 7.73. The van der Waals surface area contributed by atoms with E-state index in [9.17, 15) is 0 Å². The Hall–Kier alpha value is -0.900. The van der Waals surface area contributed by atoms with Crippen molar-refractivity contribution in [3.8, 4) is 0 Å². The van der Waals surface area contributed by atoms with E-state index in [4.69, 9.17) is 4.52 Å². The first-order valence-corrected chi connectivity index (χ1v) is 4.87. The van der Waals surface area contributed by atoms with Crippen LogP contribution in [0.1, 0.15) is 30.6 Å². The molecule has 4 heteroatoms. The van der Waals surface area contributed by atoms with Crippen LogP contribution in [0, 0.1) is 12.8 Å². The first-order valence-electron chi connectivity index (χ1n) is 4.87. The molecule has 1 aromatic rings. The number of nitrogens with zero attached hydrogens (tertiary/aromatic N) is 3. The summed E-state index contributed by atoms with van der Waals surface area (Å²) in [6, 6.07) is 0.417. The highest BCUT2D eigenvalue weighted by Crippen LogP contribution is 2.41. The lowest BCUT2D eigenvalue weighted by Gasteiger charge is -2.20. The molecule has 2 fully saturated rings. The molecule has 3 unspecified atom stereocenters. The third-order valence-electron chi connectivity index (χ3n) is 3.14. The summed E-state index contributed by atoms with van der Waals surface area (Å²) in [4.78, 5) is 6.75. The first-order chi connectivity index (χ1) is 6.33. The van der Waals surface area contributed by atoms with Gasteiger partial charge in [-0.15, -0.1) is 0 Å². The molecule has 2 saturated heterocycles. The van der Waals surface area contributed by atoms with Crippen LogP contribution in [-0.2, 0) is 0 Å². The average Bonchev–Trinajstić information content (AvgIpc) is 2.77. The van der Waals surface area contributed by atoms with Gasteiger partial charge in [-0.1, -0.05) is 5.16 Å². The van der Waals surface area contributed by atoms with Crippen LogP contribution in [0.15, 0.2) is 4.52 Å². The second kappa shape index (κ2) is 2.54. The molecule has 0 aromatic carbocycles. The van der Waals surface area contributed by atoms with E-state index in [2.05, 4.69) is 15.0 Å². The molecule has 3 heterocycles. The Morgan fingerprint density at radius 2 is 2.46 bits per heavy atom. The summed E-state index contributed by atoms with van der Waals surface area (Å²) in [5, 5.41) is 3.83. The first kappa shape index (κ1) is 7.50. The van der Waals surface area contributed by atoms with Gasteiger partial charge < -0.3 is 4.52 Å². The molecule has 0 spiro atoms. The molecule has 3 atom stereocenters. The van der Waals surface area contributed by atoms with Crippen LogP contribution in [0.25, 0.3) is 0 Å². The predicted octanol–water partition coefficient (Wildman–Crippen LogP) is 1.14. The van der Waals surface area contributed by atoms with Crippen molar-refractivity contribution in [1.82, 2.24) is 15.0 Å². The smallest absolute Gasteiger partial charge is 0.243 e. The molecular weight excluding hydrogens is 166 g/mol. The molecule has 2 aliphatic rings. The molecular formula is C9H13N3O. The summed E-state index contributed by atoms with van der Waals surface area (Å²) in [5.41, 5.74) is 0. The minimum Gasteiger partial charge on any atom is -0.338 e. The minimum absolute atomic E-state index is 0.417. The Morgan fingerprint density at radius 1 is 1.54 bits per heavy atom. The third-order valence-corrected chi connectivity index (χ3v) is 3.14. The fourth-order valence-corrected chi connectivity index (χ4v) is 2.51. The summed E-state index contributed by atoms with van der Waals surface area (Å²) in [5.74, 6) is 2.44. The number of aryl methyl sites for hydroxylation is 1. The van der Waals surface area contributed by atoms with E-state index in [1.165, 1.54) is 25.9 Å². The normalized spacial score (nSPS) is 37.2. The van der Waals surface area contributed by atoms with Crippen LogP contribution in [0.5, 0.6) is 0 Å². The fourth-order valence-electron chi connectivity index (χ4n) is 2.51. The standard InChI is InChI=1S/C9H13N3O/c1-6-10-9(13-11-6)8-4-7-2-3-12(8)5-7/h7-8H,2-5H2,1H3. The lowest BCUT2D eigenvalue weighted by molar-refractivity contribution is 0.209. The van der Waals surface area contributed by atoms with Crippen molar-refractivity contribution in [2.24, 2.45) is 5.92 Å². The molecule has 70 valence electrons. The van der Waals surface area contributed by atoms with Gasteiger partial charge in [0.15, 0.2) is 5.82 Å². The highest BCUT2D eigenvalue weighted by atomic mass is 16.5. The quantitative estimate of drug-likeness (QED) is 0.648. The summed E-state index contributed by atoms with van der Waals surface area (Å²) >= 11 is 0. The Kier molecular flexibility index (Phi) is 1.47. The maximum absolute atomic E-state index is 5.20. The zero-order chi connectivity index (χ0) is 8.84. The second-order valence-electron chi connectivity index (χ2n) is 4.08. The fraction of sp³-hybridized carbons (Fsp3) is 0.778. The maximum Gasteiger partial charge on any atom is 0.243 e. The van der Waals surface area contributed by atoms with Crippen molar-refractivity contribution in [3.05, 3.63) is 11.7 Å². The van der Waals surface area contributed by atoms with Crippen molar-refractivity contribution in [1.29, 1.82) is 0 Å². The molecule has 0 N–H and O–H groups in total. The Balaban J connectivity index is 1.87. The van der Waals surface area contributed by atoms with E-state index in [-0.39, 0.29) is 0 Å². The van der Waals surface area contributed by atoms with Crippen molar-refractivity contribution >= 4 is 0 Å². The topological polar surface area (TPSA) is 42.2 Å². The van der Waals surface area contributed by atoms with E-state index in [1.54, 1.807) is 0 Å². The van der Waals surface area contributed by atoms with E-state index in [0.29, 0.717) is 6.04 Å². The lowest BCUT2D eigenvalue weighted by Crippen LogP contribution is -2.22. The van der Waals surface area contributed by atoms with Gasteiger partial charge in [-0.05, 0) is 32.2 Å². The molecule has 4 nitrogen and oxygen atoms in total. The number of fused-ring (bicyclic) bond motifs is 2. The van der Waals surface area contributed by atoms with Crippen molar-refractivity contribution in [2.45, 2.75) is 25.8 Å². The predicted molar refractivity (Wildman–Crippen MR) is 46.1 cm³/mol. The summed E-state index contributed by atoms with van der Waals surface area (Å²) in [6.07, 6.45) is 2.56. The second-order valence-corrected chi connectivity index (χ2v) is 4.08. The monoisotopic (exact) mass is 179 g/mol. The Labute approximate surface area is 76.9 Å². The van der Waals surface area contributed by atoms with Crippen LogP contribution >= 0.6 is 0 Å². The van der Waals surface area contributed by atoms with Crippen LogP contribution < -0.4 is 0 Å². The van der Waals surface area contributed by atoms with Gasteiger partial charge in [-0.2, -0.15) is 4.98 Å². The number of aromatic nitrogens is 2. The molecule has 0 amide bonds. The van der Waals surface area contributed by atoms with E-state index >= 15 is 0 Å². The van der Waals surface area contributed by atoms with Crippen molar-refractivity contribution in [3.63, 3.8) is 0 Å². The lowest BCUT2D eigenvalue weighted by atomic mass is 10.0. The molecule has 3 rings (SSSR count). The zero-order valence-electron chi connectivity index (χ0n) is 7.73. The summed E-state index contributed by atoms with van der Waals surface area (Å²) in [6.45, 7) is 4.30. The number of piperidine rings is 1. The minimum atomic E-state index is 0.417. The third kappa shape index (κ3) is 1.09. The van der Waals surface area contributed by atoms with Crippen LogP contribution in [0.2, 0.25) is 0 Å². The molecule has 0 saturated carbocycles. The molecule has 0 aliphatic carbocycles. The van der Waals surface area contributed by atoms with Gasteiger partial charge in [0.25, 0.3) is 0 Å². The van der Waals surface area contributed by atoms with Crippen LogP contribution in [0.3, 0.4) is 0 Å². The van der Waals surface area contributed by atoms with E-state index < -0.39 is 0 Å². The van der Waals surface area contributed by atoms with Crippen LogP contribution in [0.4, 0.5) is 0 Å². The van der Waals surface area contributed by atoms with Gasteiger partial charge in [0.05, 0.1) is 6.04 Å². The molecule has 0 radical (unpaired) electrons. The van der Waals surface area contributed by atoms with E-state index in [1.807, 2.05) is 6.92 Å². The maximum atomic E-state index is 5.20. The van der Waals surface area contributed by atoms with Gasteiger partial charge in [0.1, 0.15) is 0 Å².